The van der Waals surface area contributed by atoms with E-state index in [0.717, 1.165) is 24.3 Å². The van der Waals surface area contributed by atoms with E-state index in [1.807, 2.05) is 52.0 Å². The molecule has 1 aromatic rings. The minimum atomic E-state index is -0.782. The van der Waals surface area contributed by atoms with Gasteiger partial charge in [-0.25, -0.2) is 0 Å². The van der Waals surface area contributed by atoms with Crippen molar-refractivity contribution < 1.29 is 14.3 Å². The molecule has 0 bridgehead atoms. The lowest BCUT2D eigenvalue weighted by Crippen LogP contribution is -2.42. The van der Waals surface area contributed by atoms with E-state index >= 15 is 0 Å². The van der Waals surface area contributed by atoms with Gasteiger partial charge >= 0.3 is 0 Å². The molecule has 0 aliphatic carbocycles. The fourth-order valence-corrected chi connectivity index (χ4v) is 2.24. The van der Waals surface area contributed by atoms with Crippen LogP contribution in [-0.4, -0.2) is 24.2 Å². The highest BCUT2D eigenvalue weighted by molar-refractivity contribution is 5.97. The number of rotatable bonds is 9. The zero-order valence-electron chi connectivity index (χ0n) is 14.4. The highest BCUT2D eigenvalue weighted by atomic mass is 16.5. The molecule has 0 heterocycles. The third kappa shape index (κ3) is 5.34. The monoisotopic (exact) mass is 307 g/mol. The standard InChI is InChI=1S/C18H29NO3/c1-6-13-18(5,21-8-3)17(20)19-15-9-11-16(12-10-15)22-14(4)7-2/h9-12,14H,6-8,13H2,1-5H3,(H,19,20)/t14-,18+/m0/s1. The molecule has 0 radical (unpaired) electrons. The lowest BCUT2D eigenvalue weighted by molar-refractivity contribution is -0.139. The van der Waals surface area contributed by atoms with Crippen molar-refractivity contribution in [2.24, 2.45) is 0 Å². The molecular formula is C18H29NO3. The van der Waals surface area contributed by atoms with Crippen LogP contribution < -0.4 is 10.1 Å². The molecule has 0 aromatic heterocycles. The smallest absolute Gasteiger partial charge is 0.256 e. The maximum Gasteiger partial charge on any atom is 0.256 e. The van der Waals surface area contributed by atoms with Crippen LogP contribution in [0.3, 0.4) is 0 Å². The first-order valence-electron chi connectivity index (χ1n) is 8.17. The zero-order chi connectivity index (χ0) is 16.6. The second kappa shape index (κ2) is 8.79. The summed E-state index contributed by atoms with van der Waals surface area (Å²) < 4.78 is 11.4. The fourth-order valence-electron chi connectivity index (χ4n) is 2.24. The number of ether oxygens (including phenoxy) is 2. The van der Waals surface area contributed by atoms with Crippen molar-refractivity contribution in [3.8, 4) is 5.75 Å². The third-order valence-electron chi connectivity index (χ3n) is 3.69. The number of hydrogen-bond donors (Lipinski definition) is 1. The lowest BCUT2D eigenvalue weighted by atomic mass is 9.99. The van der Waals surface area contributed by atoms with Crippen molar-refractivity contribution in [3.05, 3.63) is 24.3 Å². The molecule has 1 amide bonds. The van der Waals surface area contributed by atoms with Crippen molar-refractivity contribution >= 4 is 11.6 Å². The topological polar surface area (TPSA) is 47.6 Å². The van der Waals surface area contributed by atoms with Gasteiger partial charge in [0.1, 0.15) is 11.4 Å². The average Bonchev–Trinajstić information content (AvgIpc) is 2.49. The Kier molecular flexibility index (Phi) is 7.39. The Balaban J connectivity index is 2.71. The summed E-state index contributed by atoms with van der Waals surface area (Å²) >= 11 is 0. The summed E-state index contributed by atoms with van der Waals surface area (Å²) in [6.07, 6.45) is 2.74. The molecular weight excluding hydrogens is 278 g/mol. The molecule has 0 unspecified atom stereocenters. The van der Waals surface area contributed by atoms with Crippen LogP contribution in [0.1, 0.15) is 53.9 Å². The molecule has 0 spiro atoms. The van der Waals surface area contributed by atoms with Gasteiger partial charge in [-0.05, 0) is 57.9 Å². The molecule has 0 saturated heterocycles. The van der Waals surface area contributed by atoms with Crippen LogP contribution in [0.15, 0.2) is 24.3 Å². The van der Waals surface area contributed by atoms with Crippen LogP contribution in [-0.2, 0) is 9.53 Å². The van der Waals surface area contributed by atoms with Gasteiger partial charge in [0, 0.05) is 12.3 Å². The maximum absolute atomic E-state index is 12.5. The second-order valence-electron chi connectivity index (χ2n) is 5.73. The molecule has 4 nitrogen and oxygen atoms in total. The Morgan fingerprint density at radius 1 is 1.23 bits per heavy atom. The molecule has 22 heavy (non-hydrogen) atoms. The van der Waals surface area contributed by atoms with Crippen LogP contribution in [0, 0.1) is 0 Å². The summed E-state index contributed by atoms with van der Waals surface area (Å²) in [5.41, 5.74) is -0.0291. The number of nitrogens with one attached hydrogen (secondary N) is 1. The number of benzene rings is 1. The number of hydrogen-bond acceptors (Lipinski definition) is 3. The molecule has 1 N–H and O–H groups in total. The number of anilines is 1. The molecule has 1 aromatic carbocycles. The molecule has 0 fully saturated rings. The van der Waals surface area contributed by atoms with Crippen molar-refractivity contribution in [2.45, 2.75) is 65.6 Å². The highest BCUT2D eigenvalue weighted by Gasteiger charge is 2.32. The van der Waals surface area contributed by atoms with Crippen molar-refractivity contribution in [1.82, 2.24) is 0 Å². The van der Waals surface area contributed by atoms with E-state index in [0.29, 0.717) is 13.0 Å². The van der Waals surface area contributed by atoms with Gasteiger partial charge in [0.25, 0.3) is 5.91 Å². The SMILES string of the molecule is CCC[C@@](C)(OCC)C(=O)Nc1ccc(O[C@@H](C)CC)cc1. The predicted molar refractivity (Wildman–Crippen MR) is 90.4 cm³/mol. The van der Waals surface area contributed by atoms with Gasteiger partial charge in [0.2, 0.25) is 0 Å². The first-order valence-corrected chi connectivity index (χ1v) is 8.17. The zero-order valence-corrected chi connectivity index (χ0v) is 14.4. The molecule has 0 aliphatic heterocycles. The van der Waals surface area contributed by atoms with Crippen molar-refractivity contribution in [3.63, 3.8) is 0 Å². The van der Waals surface area contributed by atoms with E-state index in [4.69, 9.17) is 9.47 Å². The van der Waals surface area contributed by atoms with E-state index in [2.05, 4.69) is 12.2 Å². The second-order valence-corrected chi connectivity index (χ2v) is 5.73. The van der Waals surface area contributed by atoms with Gasteiger partial charge in [-0.2, -0.15) is 0 Å². The normalized spacial score (nSPS) is 15.0. The molecule has 4 heteroatoms. The average molecular weight is 307 g/mol. The van der Waals surface area contributed by atoms with Crippen LogP contribution in [0.25, 0.3) is 0 Å². The molecule has 2 atom stereocenters. The summed E-state index contributed by atoms with van der Waals surface area (Å²) in [7, 11) is 0. The van der Waals surface area contributed by atoms with Gasteiger partial charge in [0.15, 0.2) is 0 Å². The number of carbonyl (C=O) groups is 1. The van der Waals surface area contributed by atoms with Crippen LogP contribution in [0.4, 0.5) is 5.69 Å². The van der Waals surface area contributed by atoms with Gasteiger partial charge in [-0.3, -0.25) is 4.79 Å². The first-order chi connectivity index (χ1) is 10.4. The van der Waals surface area contributed by atoms with E-state index in [1.54, 1.807) is 0 Å². The summed E-state index contributed by atoms with van der Waals surface area (Å²) in [4.78, 5) is 12.5. The van der Waals surface area contributed by atoms with Crippen LogP contribution in [0.2, 0.25) is 0 Å². The van der Waals surface area contributed by atoms with E-state index in [1.165, 1.54) is 0 Å². The summed E-state index contributed by atoms with van der Waals surface area (Å²) in [5, 5.41) is 2.93. The van der Waals surface area contributed by atoms with Crippen LogP contribution >= 0.6 is 0 Å². The lowest BCUT2D eigenvalue weighted by Gasteiger charge is -2.27. The third-order valence-corrected chi connectivity index (χ3v) is 3.69. The van der Waals surface area contributed by atoms with E-state index in [-0.39, 0.29) is 12.0 Å². The summed E-state index contributed by atoms with van der Waals surface area (Å²) in [6, 6.07) is 7.46. The number of amides is 1. The molecule has 124 valence electrons. The Bertz CT molecular complexity index is 450. The Morgan fingerprint density at radius 3 is 2.36 bits per heavy atom. The Hall–Kier alpha value is -1.55. The number of carbonyl (C=O) groups excluding carboxylic acids is 1. The first kappa shape index (κ1) is 18.5. The van der Waals surface area contributed by atoms with Crippen molar-refractivity contribution in [1.29, 1.82) is 0 Å². The minimum Gasteiger partial charge on any atom is -0.491 e. The largest absolute Gasteiger partial charge is 0.491 e. The highest BCUT2D eigenvalue weighted by Crippen LogP contribution is 2.22. The van der Waals surface area contributed by atoms with Crippen molar-refractivity contribution in [2.75, 3.05) is 11.9 Å². The van der Waals surface area contributed by atoms with E-state index in [9.17, 15) is 4.79 Å². The Morgan fingerprint density at radius 2 is 1.86 bits per heavy atom. The van der Waals surface area contributed by atoms with Crippen LogP contribution in [0.5, 0.6) is 5.75 Å². The quantitative estimate of drug-likeness (QED) is 0.735. The maximum atomic E-state index is 12.5. The van der Waals surface area contributed by atoms with Gasteiger partial charge < -0.3 is 14.8 Å². The van der Waals surface area contributed by atoms with Gasteiger partial charge in [-0.1, -0.05) is 20.3 Å². The minimum absolute atomic E-state index is 0.105. The van der Waals surface area contributed by atoms with Gasteiger partial charge in [-0.15, -0.1) is 0 Å². The predicted octanol–water partition coefficient (Wildman–Crippen LogP) is 4.40. The summed E-state index contributed by atoms with van der Waals surface area (Å²) in [6.45, 7) is 10.4. The Labute approximate surface area is 134 Å². The summed E-state index contributed by atoms with van der Waals surface area (Å²) in [5.74, 6) is 0.709. The van der Waals surface area contributed by atoms with Gasteiger partial charge in [0.05, 0.1) is 6.10 Å². The molecule has 0 saturated carbocycles. The molecule has 0 aliphatic rings. The fraction of sp³-hybridized carbons (Fsp3) is 0.611. The van der Waals surface area contributed by atoms with E-state index < -0.39 is 5.60 Å². The molecule has 1 rings (SSSR count).